The van der Waals surface area contributed by atoms with Crippen LogP contribution in [0.1, 0.15) is 5.69 Å². The Morgan fingerprint density at radius 3 is 2.66 bits per heavy atom. The molecule has 1 amide bonds. The Balaban J connectivity index is 1.70. The zero-order valence-corrected chi connectivity index (χ0v) is 17.3. The number of alkyl halides is 2. The molecule has 0 spiro atoms. The number of anilines is 1. The lowest BCUT2D eigenvalue weighted by Gasteiger charge is -2.09. The molecular formula is C20H18F2N2O3S2. The molecule has 1 aromatic heterocycles. The Hall–Kier alpha value is -2.65. The Bertz CT molecular complexity index is 995. The topological polar surface area (TPSA) is 60.5 Å². The standard InChI is InChI=1S/C20H18F2N2O3S2/c1-26-15-8-7-12(9-16(15)27-2)19-23-13(11-28-19)10-18(25)24-14-5-3-4-6-17(14)29-20(21)22/h3-9,11,20H,10H2,1-2H3,(H,24,25). The van der Waals surface area contributed by atoms with Crippen LogP contribution in [0.15, 0.2) is 52.7 Å². The van der Waals surface area contributed by atoms with Gasteiger partial charge < -0.3 is 14.8 Å². The predicted octanol–water partition coefficient (Wildman–Crippen LogP) is 5.32. The number of aromatic nitrogens is 1. The highest BCUT2D eigenvalue weighted by Gasteiger charge is 2.14. The van der Waals surface area contributed by atoms with Crippen molar-refractivity contribution in [2.45, 2.75) is 17.1 Å². The number of nitrogens with zero attached hydrogens (tertiary/aromatic N) is 1. The molecule has 5 nitrogen and oxygen atoms in total. The third-order valence-corrected chi connectivity index (χ3v) is 5.63. The number of para-hydroxylation sites is 1. The van der Waals surface area contributed by atoms with Crippen molar-refractivity contribution in [2.24, 2.45) is 0 Å². The molecule has 0 atom stereocenters. The number of ether oxygens (including phenoxy) is 2. The lowest BCUT2D eigenvalue weighted by molar-refractivity contribution is -0.115. The van der Waals surface area contributed by atoms with Crippen LogP contribution >= 0.6 is 23.1 Å². The number of thiazole rings is 1. The second kappa shape index (κ2) is 9.71. The minimum absolute atomic E-state index is 0.0392. The van der Waals surface area contributed by atoms with E-state index >= 15 is 0 Å². The van der Waals surface area contributed by atoms with E-state index in [4.69, 9.17) is 9.47 Å². The van der Waals surface area contributed by atoms with Crippen LogP contribution in [0.4, 0.5) is 14.5 Å². The van der Waals surface area contributed by atoms with E-state index < -0.39 is 5.76 Å². The van der Waals surface area contributed by atoms with Crippen molar-refractivity contribution >= 4 is 34.7 Å². The third-order valence-electron chi connectivity index (χ3n) is 3.90. The normalized spacial score (nSPS) is 10.8. The second-order valence-corrected chi connectivity index (χ2v) is 7.70. The summed E-state index contributed by atoms with van der Waals surface area (Å²) in [5.74, 6) is -1.67. The highest BCUT2D eigenvalue weighted by Crippen LogP contribution is 2.34. The molecule has 9 heteroatoms. The van der Waals surface area contributed by atoms with Crippen molar-refractivity contribution in [2.75, 3.05) is 19.5 Å². The first-order chi connectivity index (χ1) is 14.0. The number of benzene rings is 2. The molecule has 0 saturated heterocycles. The molecule has 1 heterocycles. The maximum Gasteiger partial charge on any atom is 0.288 e. The number of rotatable bonds is 8. The molecule has 2 aromatic carbocycles. The quantitative estimate of drug-likeness (QED) is 0.484. The van der Waals surface area contributed by atoms with Crippen LogP contribution in [-0.4, -0.2) is 30.9 Å². The number of methoxy groups -OCH3 is 2. The monoisotopic (exact) mass is 436 g/mol. The molecule has 0 aliphatic carbocycles. The van der Waals surface area contributed by atoms with Gasteiger partial charge in [-0.05, 0) is 30.3 Å². The molecule has 0 saturated carbocycles. The lowest BCUT2D eigenvalue weighted by atomic mass is 10.2. The summed E-state index contributed by atoms with van der Waals surface area (Å²) in [4.78, 5) is 17.2. The molecule has 0 fully saturated rings. The van der Waals surface area contributed by atoms with Gasteiger partial charge in [-0.2, -0.15) is 8.78 Å². The van der Waals surface area contributed by atoms with Crippen molar-refractivity contribution in [3.05, 3.63) is 53.5 Å². The smallest absolute Gasteiger partial charge is 0.288 e. The summed E-state index contributed by atoms with van der Waals surface area (Å²) in [6.45, 7) is 0. The van der Waals surface area contributed by atoms with E-state index in [1.807, 2.05) is 12.1 Å². The van der Waals surface area contributed by atoms with Gasteiger partial charge in [0.1, 0.15) is 5.01 Å². The molecule has 0 radical (unpaired) electrons. The Morgan fingerprint density at radius 2 is 1.93 bits per heavy atom. The maximum atomic E-state index is 12.7. The van der Waals surface area contributed by atoms with Crippen LogP contribution in [0.5, 0.6) is 11.5 Å². The lowest BCUT2D eigenvalue weighted by Crippen LogP contribution is -2.15. The molecule has 3 rings (SSSR count). The van der Waals surface area contributed by atoms with E-state index in [0.29, 0.717) is 39.5 Å². The minimum atomic E-state index is -2.56. The number of halogens is 2. The van der Waals surface area contributed by atoms with Crippen molar-refractivity contribution < 1.29 is 23.0 Å². The van der Waals surface area contributed by atoms with E-state index in [2.05, 4.69) is 10.3 Å². The Morgan fingerprint density at radius 1 is 1.17 bits per heavy atom. The first-order valence-electron chi connectivity index (χ1n) is 8.50. The van der Waals surface area contributed by atoms with E-state index in [-0.39, 0.29) is 12.3 Å². The van der Waals surface area contributed by atoms with Gasteiger partial charge in [0, 0.05) is 15.8 Å². The molecule has 3 aromatic rings. The largest absolute Gasteiger partial charge is 0.493 e. The molecule has 0 unspecified atom stereocenters. The molecule has 152 valence electrons. The highest BCUT2D eigenvalue weighted by molar-refractivity contribution is 7.99. The summed E-state index contributed by atoms with van der Waals surface area (Å²) in [5, 5.41) is 5.22. The van der Waals surface area contributed by atoms with E-state index in [1.54, 1.807) is 49.9 Å². The number of thioether (sulfide) groups is 1. The van der Waals surface area contributed by atoms with E-state index in [1.165, 1.54) is 11.3 Å². The molecular weight excluding hydrogens is 418 g/mol. The zero-order chi connectivity index (χ0) is 20.8. The highest BCUT2D eigenvalue weighted by atomic mass is 32.2. The number of nitrogens with one attached hydrogen (secondary N) is 1. The van der Waals surface area contributed by atoms with Gasteiger partial charge in [0.2, 0.25) is 5.91 Å². The third kappa shape index (κ3) is 5.45. The van der Waals surface area contributed by atoms with Crippen molar-refractivity contribution in [3.8, 4) is 22.1 Å². The van der Waals surface area contributed by atoms with Crippen LogP contribution in [0.25, 0.3) is 10.6 Å². The Labute approximate surface area is 175 Å². The number of carbonyl (C=O) groups is 1. The summed E-state index contributed by atoms with van der Waals surface area (Å²) in [7, 11) is 3.12. The first-order valence-corrected chi connectivity index (χ1v) is 10.3. The van der Waals surface area contributed by atoms with Crippen LogP contribution < -0.4 is 14.8 Å². The fourth-order valence-corrected chi connectivity index (χ4v) is 4.03. The molecule has 0 aliphatic heterocycles. The summed E-state index contributed by atoms with van der Waals surface area (Å²) in [6, 6.07) is 11.9. The number of amides is 1. The van der Waals surface area contributed by atoms with Gasteiger partial charge in [0.25, 0.3) is 5.76 Å². The SMILES string of the molecule is COc1ccc(-c2nc(CC(=O)Nc3ccccc3SC(F)F)cs2)cc1OC. The number of hydrogen-bond donors (Lipinski definition) is 1. The van der Waals surface area contributed by atoms with Gasteiger partial charge in [-0.3, -0.25) is 4.79 Å². The number of carbonyl (C=O) groups excluding carboxylic acids is 1. The van der Waals surface area contributed by atoms with Crippen molar-refractivity contribution in [3.63, 3.8) is 0 Å². The maximum absolute atomic E-state index is 12.7. The minimum Gasteiger partial charge on any atom is -0.493 e. The van der Waals surface area contributed by atoms with Crippen molar-refractivity contribution in [1.82, 2.24) is 4.98 Å². The van der Waals surface area contributed by atoms with Gasteiger partial charge >= 0.3 is 0 Å². The first kappa shape index (κ1) is 21.1. The van der Waals surface area contributed by atoms with Gasteiger partial charge in [0.15, 0.2) is 11.5 Å². The van der Waals surface area contributed by atoms with E-state index in [9.17, 15) is 13.6 Å². The van der Waals surface area contributed by atoms with E-state index in [0.717, 1.165) is 10.6 Å². The fourth-order valence-electron chi connectivity index (χ4n) is 2.62. The van der Waals surface area contributed by atoms with Gasteiger partial charge in [-0.15, -0.1) is 11.3 Å². The molecule has 1 N–H and O–H groups in total. The number of hydrogen-bond acceptors (Lipinski definition) is 6. The van der Waals surface area contributed by atoms with Crippen LogP contribution in [0, 0.1) is 0 Å². The van der Waals surface area contributed by atoms with Crippen LogP contribution in [0.3, 0.4) is 0 Å². The van der Waals surface area contributed by atoms with Crippen LogP contribution in [0.2, 0.25) is 0 Å². The average Bonchev–Trinajstić information content (AvgIpc) is 3.16. The van der Waals surface area contributed by atoms with Gasteiger partial charge in [-0.1, -0.05) is 23.9 Å². The predicted molar refractivity (Wildman–Crippen MR) is 111 cm³/mol. The summed E-state index contributed by atoms with van der Waals surface area (Å²) in [6.07, 6.45) is 0.0392. The molecule has 0 bridgehead atoms. The molecule has 0 aliphatic rings. The summed E-state index contributed by atoms with van der Waals surface area (Å²) in [5.41, 5.74) is 1.80. The van der Waals surface area contributed by atoms with Gasteiger partial charge in [-0.25, -0.2) is 4.98 Å². The molecule has 29 heavy (non-hydrogen) atoms. The van der Waals surface area contributed by atoms with Crippen molar-refractivity contribution in [1.29, 1.82) is 0 Å². The second-order valence-electron chi connectivity index (χ2n) is 5.81. The Kier molecular flexibility index (Phi) is 7.05. The van der Waals surface area contributed by atoms with Crippen LogP contribution in [-0.2, 0) is 11.2 Å². The average molecular weight is 437 g/mol. The fraction of sp³-hybridized carbons (Fsp3) is 0.200. The summed E-state index contributed by atoms with van der Waals surface area (Å²) < 4.78 is 35.9. The summed E-state index contributed by atoms with van der Waals surface area (Å²) >= 11 is 1.80. The van der Waals surface area contributed by atoms with Gasteiger partial charge in [0.05, 0.1) is 32.0 Å². The zero-order valence-electron chi connectivity index (χ0n) is 15.6.